The smallest absolute Gasteiger partial charge is 0.267 e. The minimum atomic E-state index is -0.704. The molecule has 31 heavy (non-hydrogen) atoms. The van der Waals surface area contributed by atoms with E-state index in [1.165, 1.54) is 16.7 Å². The number of hydrogen-bond acceptors (Lipinski definition) is 4. The van der Waals surface area contributed by atoms with Gasteiger partial charge in [0.15, 0.2) is 0 Å². The Bertz CT molecular complexity index is 1430. The molecule has 2 aromatic heterocycles. The molecule has 2 N–H and O–H groups in total. The Morgan fingerprint density at radius 1 is 1.29 bits per heavy atom. The second kappa shape index (κ2) is 7.19. The molecule has 0 saturated carbocycles. The Labute approximate surface area is 177 Å². The summed E-state index contributed by atoms with van der Waals surface area (Å²) in [5, 5.41) is 14.6. The van der Waals surface area contributed by atoms with E-state index in [2.05, 4.69) is 10.3 Å². The number of amides is 1. The van der Waals surface area contributed by atoms with Crippen molar-refractivity contribution in [2.45, 2.75) is 32.4 Å². The first kappa shape index (κ1) is 19.2. The van der Waals surface area contributed by atoms with Gasteiger partial charge < -0.3 is 15.0 Å². The molecular formula is C24H20FN3O3. The third-order valence-corrected chi connectivity index (χ3v) is 5.92. The van der Waals surface area contributed by atoms with Gasteiger partial charge in [0.1, 0.15) is 17.1 Å². The van der Waals surface area contributed by atoms with Crippen molar-refractivity contribution in [3.63, 3.8) is 0 Å². The number of aryl methyl sites for hydroxylation is 1. The van der Waals surface area contributed by atoms with Gasteiger partial charge in [-0.2, -0.15) is 0 Å². The van der Waals surface area contributed by atoms with Crippen LogP contribution in [0.2, 0.25) is 0 Å². The minimum absolute atomic E-state index is 0.136. The normalized spacial score (nSPS) is 15.4. The van der Waals surface area contributed by atoms with Crippen molar-refractivity contribution in [2.24, 2.45) is 0 Å². The molecule has 0 bridgehead atoms. The van der Waals surface area contributed by atoms with Gasteiger partial charge in [0.25, 0.3) is 11.5 Å². The number of aromatic nitrogens is 2. The van der Waals surface area contributed by atoms with E-state index in [1.807, 2.05) is 37.3 Å². The summed E-state index contributed by atoms with van der Waals surface area (Å²) in [4.78, 5) is 30.5. The fourth-order valence-electron chi connectivity index (χ4n) is 4.37. The first-order valence-electron chi connectivity index (χ1n) is 10.2. The standard InChI is InChI=1S/C24H20FN3O3/c1-13-6-7-16-9-17(25)10-18-21(16)28(13)24(31)20(22(18)29)23(30)27-12-14-8-15-4-2-3-5-19(15)26-11-14/h2-5,8-11,13,29H,6-7,12H2,1H3,(H,27,30). The van der Waals surface area contributed by atoms with Gasteiger partial charge >= 0.3 is 0 Å². The number of nitrogens with one attached hydrogen (secondary N) is 1. The number of pyridine rings is 2. The number of para-hydroxylation sites is 1. The van der Waals surface area contributed by atoms with Gasteiger partial charge in [0.05, 0.1) is 11.0 Å². The maximum atomic E-state index is 14.1. The molecule has 5 rings (SSSR count). The topological polar surface area (TPSA) is 84.2 Å². The zero-order chi connectivity index (χ0) is 21.7. The molecule has 4 aromatic rings. The van der Waals surface area contributed by atoms with E-state index in [1.54, 1.807) is 6.20 Å². The lowest BCUT2D eigenvalue weighted by atomic mass is 9.95. The number of nitrogens with zero attached hydrogens (tertiary/aromatic N) is 2. The number of hydrogen-bond donors (Lipinski definition) is 2. The van der Waals surface area contributed by atoms with Crippen LogP contribution >= 0.6 is 0 Å². The number of benzene rings is 2. The van der Waals surface area contributed by atoms with Crippen LogP contribution in [-0.2, 0) is 13.0 Å². The van der Waals surface area contributed by atoms with Gasteiger partial charge in [-0.15, -0.1) is 0 Å². The first-order valence-corrected chi connectivity index (χ1v) is 10.2. The lowest BCUT2D eigenvalue weighted by Gasteiger charge is -2.26. The molecule has 0 radical (unpaired) electrons. The van der Waals surface area contributed by atoms with E-state index in [9.17, 15) is 19.1 Å². The van der Waals surface area contributed by atoms with Gasteiger partial charge in [0, 0.05) is 29.6 Å². The van der Waals surface area contributed by atoms with E-state index >= 15 is 0 Å². The Hall–Kier alpha value is -3.74. The van der Waals surface area contributed by atoms with Crippen molar-refractivity contribution < 1.29 is 14.3 Å². The first-order chi connectivity index (χ1) is 14.9. The molecule has 6 nitrogen and oxygen atoms in total. The zero-order valence-electron chi connectivity index (χ0n) is 16.9. The second-order valence-corrected chi connectivity index (χ2v) is 7.97. The van der Waals surface area contributed by atoms with Crippen LogP contribution < -0.4 is 10.9 Å². The van der Waals surface area contributed by atoms with Gasteiger partial charge in [-0.1, -0.05) is 18.2 Å². The molecule has 1 unspecified atom stereocenters. The highest BCUT2D eigenvalue weighted by Crippen LogP contribution is 2.35. The molecule has 0 fully saturated rings. The van der Waals surface area contributed by atoms with Crippen LogP contribution in [-0.4, -0.2) is 20.6 Å². The molecular weight excluding hydrogens is 397 g/mol. The minimum Gasteiger partial charge on any atom is -0.506 e. The van der Waals surface area contributed by atoms with Crippen molar-refractivity contribution in [1.29, 1.82) is 0 Å². The van der Waals surface area contributed by atoms with Crippen LogP contribution in [0.4, 0.5) is 4.39 Å². The predicted molar refractivity (Wildman–Crippen MR) is 116 cm³/mol. The summed E-state index contributed by atoms with van der Waals surface area (Å²) in [5.41, 5.74) is 1.82. The summed E-state index contributed by atoms with van der Waals surface area (Å²) in [6.07, 6.45) is 2.91. The van der Waals surface area contributed by atoms with Crippen LogP contribution in [0.1, 0.15) is 40.9 Å². The summed E-state index contributed by atoms with van der Waals surface area (Å²) in [7, 11) is 0. The van der Waals surface area contributed by atoms with Crippen molar-refractivity contribution in [3.8, 4) is 5.75 Å². The Morgan fingerprint density at radius 3 is 2.94 bits per heavy atom. The monoisotopic (exact) mass is 417 g/mol. The number of fused-ring (bicyclic) bond motifs is 1. The number of aromatic hydroxyl groups is 1. The van der Waals surface area contributed by atoms with Crippen LogP contribution in [0.3, 0.4) is 0 Å². The molecule has 0 aliphatic carbocycles. The van der Waals surface area contributed by atoms with Gasteiger partial charge in [-0.25, -0.2) is 4.39 Å². The molecule has 0 spiro atoms. The third kappa shape index (κ3) is 3.13. The molecule has 2 aromatic carbocycles. The molecule has 1 aliphatic heterocycles. The van der Waals surface area contributed by atoms with E-state index in [0.29, 0.717) is 23.9 Å². The number of halogens is 1. The van der Waals surface area contributed by atoms with Gasteiger partial charge in [-0.3, -0.25) is 14.6 Å². The highest BCUT2D eigenvalue weighted by molar-refractivity contribution is 6.03. The highest BCUT2D eigenvalue weighted by atomic mass is 19.1. The molecule has 1 amide bonds. The maximum Gasteiger partial charge on any atom is 0.267 e. The summed E-state index contributed by atoms with van der Waals surface area (Å²) in [6, 6.07) is 11.9. The van der Waals surface area contributed by atoms with Crippen LogP contribution in [0, 0.1) is 5.82 Å². The Balaban J connectivity index is 1.55. The average molecular weight is 417 g/mol. The fourth-order valence-corrected chi connectivity index (χ4v) is 4.37. The largest absolute Gasteiger partial charge is 0.506 e. The summed E-state index contributed by atoms with van der Waals surface area (Å²) in [6.45, 7) is 2.02. The molecule has 7 heteroatoms. The number of rotatable bonds is 3. The Morgan fingerprint density at radius 2 is 2.10 bits per heavy atom. The molecule has 0 saturated heterocycles. The van der Waals surface area contributed by atoms with Gasteiger partial charge in [0.2, 0.25) is 0 Å². The van der Waals surface area contributed by atoms with E-state index < -0.39 is 23.0 Å². The van der Waals surface area contributed by atoms with Crippen molar-refractivity contribution >= 4 is 27.7 Å². The highest BCUT2D eigenvalue weighted by Gasteiger charge is 2.28. The molecule has 3 heterocycles. The summed E-state index contributed by atoms with van der Waals surface area (Å²) in [5.74, 6) is -1.70. The second-order valence-electron chi connectivity index (χ2n) is 7.97. The predicted octanol–water partition coefficient (Wildman–Crippen LogP) is 3.83. The van der Waals surface area contributed by atoms with E-state index in [-0.39, 0.29) is 23.5 Å². The lowest BCUT2D eigenvalue weighted by molar-refractivity contribution is 0.0946. The summed E-state index contributed by atoms with van der Waals surface area (Å²) < 4.78 is 15.6. The molecule has 1 aliphatic rings. The SMILES string of the molecule is CC1CCc2cc(F)cc3c(O)c(C(=O)NCc4cnc5ccccc5c4)c(=O)n1c23. The number of carbonyl (C=O) groups is 1. The number of carbonyl (C=O) groups excluding carboxylic acids is 1. The van der Waals surface area contributed by atoms with Gasteiger partial charge in [-0.05, 0) is 55.2 Å². The van der Waals surface area contributed by atoms with Crippen molar-refractivity contribution in [2.75, 3.05) is 0 Å². The lowest BCUT2D eigenvalue weighted by Crippen LogP contribution is -2.36. The van der Waals surface area contributed by atoms with Crippen LogP contribution in [0.25, 0.3) is 21.8 Å². The third-order valence-electron chi connectivity index (χ3n) is 5.92. The zero-order valence-corrected chi connectivity index (χ0v) is 16.9. The average Bonchev–Trinajstić information content (AvgIpc) is 2.76. The van der Waals surface area contributed by atoms with E-state index in [0.717, 1.165) is 16.5 Å². The summed E-state index contributed by atoms with van der Waals surface area (Å²) >= 11 is 0. The van der Waals surface area contributed by atoms with E-state index in [4.69, 9.17) is 0 Å². The fraction of sp³-hybridized carbons (Fsp3) is 0.208. The van der Waals surface area contributed by atoms with Crippen molar-refractivity contribution in [3.05, 3.63) is 81.5 Å². The Kier molecular flexibility index (Phi) is 4.46. The maximum absolute atomic E-state index is 14.1. The molecule has 1 atom stereocenters. The quantitative estimate of drug-likeness (QED) is 0.531. The molecule has 156 valence electrons. The van der Waals surface area contributed by atoms with Crippen molar-refractivity contribution in [1.82, 2.24) is 14.9 Å². The van der Waals surface area contributed by atoms with Crippen LogP contribution in [0.15, 0.2) is 53.5 Å². The van der Waals surface area contributed by atoms with Crippen LogP contribution in [0.5, 0.6) is 5.75 Å².